The molecule has 4 amide bonds. The summed E-state index contributed by atoms with van der Waals surface area (Å²) in [6.07, 6.45) is -1.03. The summed E-state index contributed by atoms with van der Waals surface area (Å²) in [5, 5.41) is 22.1. The van der Waals surface area contributed by atoms with Crippen molar-refractivity contribution in [3.8, 4) is 0 Å². The highest BCUT2D eigenvalue weighted by molar-refractivity contribution is 8.01. The van der Waals surface area contributed by atoms with Crippen molar-refractivity contribution >= 4 is 53.3 Å². The van der Waals surface area contributed by atoms with Crippen LogP contribution in [0.4, 0.5) is 4.79 Å². The Labute approximate surface area is 242 Å². The van der Waals surface area contributed by atoms with Gasteiger partial charge in [0.2, 0.25) is 17.7 Å². The van der Waals surface area contributed by atoms with E-state index in [0.29, 0.717) is 11.1 Å². The van der Waals surface area contributed by atoms with Gasteiger partial charge in [-0.25, -0.2) is 9.59 Å². The molecule has 0 aliphatic carbocycles. The number of ether oxygens (including phenoxy) is 1. The van der Waals surface area contributed by atoms with Crippen LogP contribution in [0.2, 0.25) is 0 Å². The van der Waals surface area contributed by atoms with Crippen molar-refractivity contribution in [1.29, 1.82) is 0 Å². The van der Waals surface area contributed by atoms with E-state index in [-0.39, 0.29) is 34.7 Å². The number of carboxylic acids is 1. The number of hydrogen-bond acceptors (Lipinski definition) is 11. The Balaban J connectivity index is 1.46. The Kier molecular flexibility index (Phi) is 8.92. The molecule has 0 bridgehead atoms. The van der Waals surface area contributed by atoms with Crippen LogP contribution in [-0.4, -0.2) is 78.5 Å². The van der Waals surface area contributed by atoms with Gasteiger partial charge in [0.05, 0.1) is 0 Å². The zero-order chi connectivity index (χ0) is 29.9. The van der Waals surface area contributed by atoms with E-state index in [2.05, 4.69) is 20.8 Å². The van der Waals surface area contributed by atoms with Crippen LogP contribution < -0.4 is 16.4 Å². The summed E-state index contributed by atoms with van der Waals surface area (Å²) in [7, 11) is 0. The Bertz CT molecular complexity index is 1390. The van der Waals surface area contributed by atoms with Gasteiger partial charge in [0.15, 0.2) is 0 Å². The quantitative estimate of drug-likeness (QED) is 0.223. The first kappa shape index (κ1) is 29.9. The number of carbonyl (C=O) groups excluding carboxylic acids is 4. The second-order valence-electron chi connectivity index (χ2n) is 10.0. The number of carboxylic acid groups (broad SMARTS) is 1. The smallest absolute Gasteiger partial charge is 0.408 e. The second kappa shape index (κ2) is 12.2. The molecule has 1 aromatic heterocycles. The lowest BCUT2D eigenvalue weighted by molar-refractivity contribution is -0.151. The van der Waals surface area contributed by atoms with Crippen LogP contribution in [0.1, 0.15) is 38.3 Å². The maximum Gasteiger partial charge on any atom is 0.408 e. The van der Waals surface area contributed by atoms with E-state index in [1.54, 1.807) is 51.1 Å². The van der Waals surface area contributed by atoms with E-state index in [1.165, 1.54) is 11.8 Å². The van der Waals surface area contributed by atoms with Gasteiger partial charge in [-0.1, -0.05) is 42.1 Å². The van der Waals surface area contributed by atoms with Gasteiger partial charge in [-0.2, -0.15) is 0 Å². The lowest BCUT2D eigenvalue weighted by atomic mass is 10.0. The third-order valence-corrected chi connectivity index (χ3v) is 7.99. The highest BCUT2D eigenvalue weighted by Crippen LogP contribution is 2.41. The van der Waals surface area contributed by atoms with E-state index in [9.17, 15) is 29.1 Å². The minimum atomic E-state index is -1.29. The number of hydrogen-bond donors (Lipinski definition) is 4. The van der Waals surface area contributed by atoms with Crippen molar-refractivity contribution in [2.24, 2.45) is 5.73 Å². The van der Waals surface area contributed by atoms with Crippen molar-refractivity contribution in [3.63, 3.8) is 0 Å². The maximum atomic E-state index is 13.3. The van der Waals surface area contributed by atoms with Crippen molar-refractivity contribution in [2.75, 3.05) is 11.5 Å². The molecule has 0 radical (unpaired) electrons. The van der Waals surface area contributed by atoms with Crippen molar-refractivity contribution in [3.05, 3.63) is 53.1 Å². The van der Waals surface area contributed by atoms with Crippen molar-refractivity contribution < 1.29 is 38.2 Å². The number of nitrogens with two attached hydrogens (primary N) is 1. The highest BCUT2D eigenvalue weighted by atomic mass is 32.2. The number of nitrogens with one attached hydrogen (secondary N) is 2. The molecule has 3 atom stereocenters. The molecule has 16 heteroatoms. The molecule has 5 N–H and O–H groups in total. The first-order valence-corrected chi connectivity index (χ1v) is 14.4. The number of aromatic nitrogens is 2. The van der Waals surface area contributed by atoms with Crippen molar-refractivity contribution in [2.45, 2.75) is 55.5 Å². The van der Waals surface area contributed by atoms with E-state index in [0.717, 1.165) is 16.7 Å². The number of fused-ring (bicyclic) bond motifs is 1. The van der Waals surface area contributed by atoms with Crippen LogP contribution in [-0.2, 0) is 30.3 Å². The maximum absolute atomic E-state index is 13.3. The molecular weight excluding hydrogens is 576 g/mol. The summed E-state index contributed by atoms with van der Waals surface area (Å²) in [5.41, 5.74) is 5.06. The topological polar surface area (TPSA) is 207 Å². The van der Waals surface area contributed by atoms with Gasteiger partial charge in [-0.3, -0.25) is 19.3 Å². The number of amides is 4. The molecule has 2 aromatic rings. The normalized spacial score (nSPS) is 19.1. The molecule has 14 nitrogen and oxygen atoms in total. The number of carbonyl (C=O) groups is 5. The van der Waals surface area contributed by atoms with Gasteiger partial charge in [-0.15, -0.1) is 22.0 Å². The van der Waals surface area contributed by atoms with Crippen molar-refractivity contribution in [1.82, 2.24) is 25.7 Å². The van der Waals surface area contributed by atoms with Crippen LogP contribution in [0.3, 0.4) is 0 Å². The van der Waals surface area contributed by atoms with Crippen LogP contribution >= 0.6 is 23.5 Å². The standard InChI is InChI=1S/C25H28N6O8S2/c1-25(2,3)39-23(37)28-16(12-7-5-4-6-8-12)19(33)27-17-20(34)31-18(22(35)36)13(10-40-21(17)31)11-41-24-30-29-15(38-24)9-14(26)32/h4-8,16-17,21H,9-11H2,1-3H3,(H2,26,32)(H,27,33)(H,28,37)(H,35,36)/t16?,17?,21-/m0/s1. The van der Waals surface area contributed by atoms with Gasteiger partial charge in [0, 0.05) is 11.5 Å². The summed E-state index contributed by atoms with van der Waals surface area (Å²) < 4.78 is 10.6. The summed E-state index contributed by atoms with van der Waals surface area (Å²) in [5.74, 6) is -2.74. The van der Waals surface area contributed by atoms with Crippen LogP contribution in [0, 0.1) is 0 Å². The Hall–Kier alpha value is -4.05. The third kappa shape index (κ3) is 7.18. The first-order valence-electron chi connectivity index (χ1n) is 12.3. The molecule has 1 saturated heterocycles. The Morgan fingerprint density at radius 1 is 1.24 bits per heavy atom. The molecule has 2 unspecified atom stereocenters. The van der Waals surface area contributed by atoms with E-state index >= 15 is 0 Å². The fourth-order valence-corrected chi connectivity index (χ4v) is 6.33. The molecule has 41 heavy (non-hydrogen) atoms. The number of nitrogens with zero attached hydrogens (tertiary/aromatic N) is 3. The van der Waals surface area contributed by atoms with Crippen LogP contribution in [0.25, 0.3) is 0 Å². The molecule has 3 heterocycles. The summed E-state index contributed by atoms with van der Waals surface area (Å²) >= 11 is 2.35. The predicted molar refractivity (Wildman–Crippen MR) is 146 cm³/mol. The Morgan fingerprint density at radius 2 is 1.95 bits per heavy atom. The average molecular weight is 605 g/mol. The molecule has 218 valence electrons. The first-order chi connectivity index (χ1) is 19.3. The highest BCUT2D eigenvalue weighted by Gasteiger charge is 2.54. The Morgan fingerprint density at radius 3 is 2.59 bits per heavy atom. The van der Waals surface area contributed by atoms with E-state index < -0.39 is 52.8 Å². The summed E-state index contributed by atoms with van der Waals surface area (Å²) in [4.78, 5) is 63.3. The monoisotopic (exact) mass is 604 g/mol. The van der Waals surface area contributed by atoms with Gasteiger partial charge >= 0.3 is 12.1 Å². The van der Waals surface area contributed by atoms with Crippen LogP contribution in [0.15, 0.2) is 51.2 Å². The molecule has 1 aromatic carbocycles. The lowest BCUT2D eigenvalue weighted by Crippen LogP contribution is -2.71. The lowest BCUT2D eigenvalue weighted by Gasteiger charge is -2.49. The van der Waals surface area contributed by atoms with Crippen LogP contribution in [0.5, 0.6) is 0 Å². The van der Waals surface area contributed by atoms with Gasteiger partial charge in [-0.05, 0) is 31.9 Å². The molecular formula is C25H28N6O8S2. The second-order valence-corrected chi connectivity index (χ2v) is 12.1. The zero-order valence-corrected chi connectivity index (χ0v) is 23.9. The third-order valence-electron chi connectivity index (χ3n) is 5.75. The van der Waals surface area contributed by atoms with E-state index in [1.807, 2.05) is 0 Å². The minimum absolute atomic E-state index is 0.0389. The molecule has 0 spiro atoms. The fourth-order valence-electron chi connectivity index (χ4n) is 4.07. The number of alkyl carbamates (subject to hydrolysis) is 1. The van der Waals surface area contributed by atoms with Gasteiger partial charge in [0.25, 0.3) is 11.1 Å². The fraction of sp³-hybridized carbons (Fsp3) is 0.400. The summed E-state index contributed by atoms with van der Waals surface area (Å²) in [6.45, 7) is 5.07. The number of β-lactam (4-membered cyclic amide) rings is 1. The number of primary amides is 1. The average Bonchev–Trinajstić information content (AvgIpc) is 3.34. The molecule has 2 aliphatic rings. The number of rotatable bonds is 10. The number of benzene rings is 1. The number of thioether (sulfide) groups is 2. The molecule has 2 aliphatic heterocycles. The largest absolute Gasteiger partial charge is 0.477 e. The SMILES string of the molecule is CC(C)(C)OC(=O)NC(C(=O)NC1C(=O)N2C(C(=O)O)=C(CSc3nnc(CC(N)=O)o3)CS[C@@H]12)c1ccccc1. The number of aliphatic carboxylic acids is 1. The molecule has 0 saturated carbocycles. The zero-order valence-electron chi connectivity index (χ0n) is 22.3. The minimum Gasteiger partial charge on any atom is -0.477 e. The predicted octanol–water partition coefficient (Wildman–Crippen LogP) is 1.19. The van der Waals surface area contributed by atoms with Gasteiger partial charge in [0.1, 0.15) is 35.2 Å². The van der Waals surface area contributed by atoms with E-state index in [4.69, 9.17) is 14.9 Å². The molecule has 1 fully saturated rings. The van der Waals surface area contributed by atoms with Gasteiger partial charge < -0.3 is 30.6 Å². The molecule has 4 rings (SSSR count). The summed E-state index contributed by atoms with van der Waals surface area (Å²) in [6, 6.07) is 6.31.